The Morgan fingerprint density at radius 3 is 1.95 bits per heavy atom. The van der Waals surface area contributed by atoms with Crippen LogP contribution in [0.2, 0.25) is 0 Å². The summed E-state index contributed by atoms with van der Waals surface area (Å²) < 4.78 is 13.1. The summed E-state index contributed by atoms with van der Waals surface area (Å²) in [7, 11) is -0.307. The first kappa shape index (κ1) is 27.8. The molecule has 1 aliphatic heterocycles. The van der Waals surface area contributed by atoms with E-state index in [1.165, 1.54) is 74.9 Å². The highest BCUT2D eigenvalue weighted by Crippen LogP contribution is 2.44. The Morgan fingerprint density at radius 1 is 0.711 bits per heavy atom. The van der Waals surface area contributed by atoms with Gasteiger partial charge in [-0.05, 0) is 174 Å². The van der Waals surface area contributed by atoms with Crippen LogP contribution in [0, 0.1) is 41.5 Å². The van der Waals surface area contributed by atoms with Gasteiger partial charge in [-0.25, -0.2) is 0 Å². The number of nitrogens with one attached hydrogen (secondary N) is 1. The van der Waals surface area contributed by atoms with Gasteiger partial charge in [-0.2, -0.15) is 0 Å². The van der Waals surface area contributed by atoms with Crippen LogP contribution >= 0.6 is 0 Å². The van der Waals surface area contributed by atoms with Crippen LogP contribution in [-0.4, -0.2) is 24.4 Å². The minimum absolute atomic E-state index is 0.307. The van der Waals surface area contributed by atoms with Crippen molar-refractivity contribution in [3.05, 3.63) is 55.6 Å². The third kappa shape index (κ3) is 4.17. The molecule has 1 heterocycles. The number of benzene rings is 2. The van der Waals surface area contributed by atoms with E-state index in [4.69, 9.17) is 9.31 Å². The summed E-state index contributed by atoms with van der Waals surface area (Å²) in [6.45, 7) is 27.4. The van der Waals surface area contributed by atoms with E-state index in [1.54, 1.807) is 11.1 Å². The smallest absolute Gasteiger partial charge is 0.399 e. The van der Waals surface area contributed by atoms with Gasteiger partial charge in [0.1, 0.15) is 0 Å². The molecule has 1 saturated heterocycles. The van der Waals surface area contributed by atoms with E-state index in [0.29, 0.717) is 17.9 Å². The van der Waals surface area contributed by atoms with Crippen molar-refractivity contribution in [1.29, 1.82) is 0 Å². The lowest BCUT2D eigenvalue weighted by molar-refractivity contribution is 0.00578. The normalized spacial score (nSPS) is 25.8. The standard InChI is InChI=1S/C34H50BNO2/c1-18-14-13-15-27-24(7)32(23(6)21(4)29(18)27)36-26-16-19(2)30-25(8)31(22(5)20(3)28(30)17-26)35-37-33(9,10)34(11,12)38-35/h18-19,26,36H,13-17H2,1-12H3. The first-order valence-electron chi connectivity index (χ1n) is 15.0. The lowest BCUT2D eigenvalue weighted by Gasteiger charge is -2.37. The first-order chi connectivity index (χ1) is 17.7. The highest BCUT2D eigenvalue weighted by Gasteiger charge is 2.53. The second kappa shape index (κ2) is 9.41. The van der Waals surface area contributed by atoms with Gasteiger partial charge in [0.05, 0.1) is 11.2 Å². The molecule has 2 aromatic rings. The minimum Gasteiger partial charge on any atom is -0.399 e. The number of hydrogen-bond acceptors (Lipinski definition) is 3. The maximum atomic E-state index is 6.55. The van der Waals surface area contributed by atoms with Gasteiger partial charge in [-0.1, -0.05) is 13.8 Å². The van der Waals surface area contributed by atoms with Crippen LogP contribution in [0.1, 0.15) is 128 Å². The molecular weight excluding hydrogens is 465 g/mol. The zero-order valence-corrected chi connectivity index (χ0v) is 26.2. The van der Waals surface area contributed by atoms with Crippen LogP contribution in [0.25, 0.3) is 0 Å². The Hall–Kier alpha value is -1.78. The van der Waals surface area contributed by atoms with E-state index in [1.807, 2.05) is 0 Å². The fourth-order valence-corrected chi connectivity index (χ4v) is 7.90. The quantitative estimate of drug-likeness (QED) is 0.423. The molecule has 1 fully saturated rings. The predicted molar refractivity (Wildman–Crippen MR) is 163 cm³/mol. The molecule has 0 radical (unpaired) electrons. The Bertz CT molecular complexity index is 1270. The van der Waals surface area contributed by atoms with Crippen molar-refractivity contribution in [3.63, 3.8) is 0 Å². The van der Waals surface area contributed by atoms with Crippen LogP contribution in [-0.2, 0) is 22.2 Å². The van der Waals surface area contributed by atoms with Crippen molar-refractivity contribution in [1.82, 2.24) is 0 Å². The van der Waals surface area contributed by atoms with Gasteiger partial charge in [0.25, 0.3) is 0 Å². The highest BCUT2D eigenvalue weighted by molar-refractivity contribution is 6.63. The second-order valence-electron chi connectivity index (χ2n) is 13.9. The monoisotopic (exact) mass is 515 g/mol. The van der Waals surface area contributed by atoms with Crippen molar-refractivity contribution < 1.29 is 9.31 Å². The molecule has 3 aliphatic rings. The third-order valence-corrected chi connectivity index (χ3v) is 11.0. The van der Waals surface area contributed by atoms with Crippen LogP contribution in [0.4, 0.5) is 5.69 Å². The molecule has 2 aromatic carbocycles. The molecule has 206 valence electrons. The molecule has 2 aliphatic carbocycles. The largest absolute Gasteiger partial charge is 0.495 e. The van der Waals surface area contributed by atoms with E-state index in [2.05, 4.69) is 88.4 Å². The van der Waals surface area contributed by atoms with Crippen molar-refractivity contribution in [3.8, 4) is 0 Å². The van der Waals surface area contributed by atoms with Crippen LogP contribution in [0.3, 0.4) is 0 Å². The van der Waals surface area contributed by atoms with Gasteiger partial charge in [-0.15, -0.1) is 0 Å². The van der Waals surface area contributed by atoms with E-state index in [0.717, 1.165) is 12.8 Å². The van der Waals surface area contributed by atoms with Crippen molar-refractivity contribution in [2.75, 3.05) is 5.32 Å². The topological polar surface area (TPSA) is 30.5 Å². The highest BCUT2D eigenvalue weighted by atomic mass is 16.7. The van der Waals surface area contributed by atoms with Crippen molar-refractivity contribution >= 4 is 18.3 Å². The van der Waals surface area contributed by atoms with Gasteiger partial charge in [0, 0.05) is 11.7 Å². The molecule has 5 rings (SSSR count). The van der Waals surface area contributed by atoms with Gasteiger partial charge >= 0.3 is 7.12 Å². The van der Waals surface area contributed by atoms with Crippen LogP contribution in [0.5, 0.6) is 0 Å². The summed E-state index contributed by atoms with van der Waals surface area (Å²) in [5.74, 6) is 1.16. The Kier molecular flexibility index (Phi) is 6.88. The zero-order valence-electron chi connectivity index (χ0n) is 26.2. The number of anilines is 1. The summed E-state index contributed by atoms with van der Waals surface area (Å²) in [6, 6.07) is 0.438. The molecule has 4 heteroatoms. The molecule has 1 N–H and O–H groups in total. The summed E-state index contributed by atoms with van der Waals surface area (Å²) in [6.07, 6.45) is 6.08. The molecule has 0 saturated carbocycles. The lowest BCUT2D eigenvalue weighted by Crippen LogP contribution is -2.41. The van der Waals surface area contributed by atoms with Gasteiger partial charge in [0.15, 0.2) is 0 Å². The number of fused-ring (bicyclic) bond motifs is 2. The SMILES string of the molecule is Cc1c(C)c(B2OC(C)(C)C(C)(C)O2)c(C)c2c1CC(Nc1c(C)c(C)c3c(c1C)CCCC3C)CC2C. The zero-order chi connectivity index (χ0) is 27.9. The maximum absolute atomic E-state index is 6.55. The maximum Gasteiger partial charge on any atom is 0.495 e. The lowest BCUT2D eigenvalue weighted by atomic mass is 9.66. The summed E-state index contributed by atoms with van der Waals surface area (Å²) in [5, 5.41) is 4.10. The Balaban J connectivity index is 1.50. The molecule has 0 aromatic heterocycles. The fraction of sp³-hybridized carbons (Fsp3) is 0.647. The predicted octanol–water partition coefficient (Wildman–Crippen LogP) is 7.81. The van der Waals surface area contributed by atoms with E-state index in [-0.39, 0.29) is 18.3 Å². The molecule has 0 bridgehead atoms. The minimum atomic E-state index is -0.332. The average Bonchev–Trinajstić information content (AvgIpc) is 3.04. The molecule has 38 heavy (non-hydrogen) atoms. The molecule has 3 atom stereocenters. The van der Waals surface area contributed by atoms with Gasteiger partial charge < -0.3 is 14.6 Å². The van der Waals surface area contributed by atoms with Gasteiger partial charge in [-0.3, -0.25) is 0 Å². The molecule has 0 amide bonds. The average molecular weight is 516 g/mol. The van der Waals surface area contributed by atoms with E-state index < -0.39 is 0 Å². The Labute approximate surface area is 232 Å². The first-order valence-corrected chi connectivity index (χ1v) is 15.0. The van der Waals surface area contributed by atoms with E-state index in [9.17, 15) is 0 Å². The molecule has 3 nitrogen and oxygen atoms in total. The fourth-order valence-electron chi connectivity index (χ4n) is 7.90. The summed E-state index contributed by atoms with van der Waals surface area (Å²) in [5.41, 5.74) is 16.9. The van der Waals surface area contributed by atoms with Gasteiger partial charge in [0.2, 0.25) is 0 Å². The van der Waals surface area contributed by atoms with Crippen LogP contribution in [0.15, 0.2) is 0 Å². The number of hydrogen-bond donors (Lipinski definition) is 1. The van der Waals surface area contributed by atoms with Crippen molar-refractivity contribution in [2.45, 2.75) is 144 Å². The molecule has 0 spiro atoms. The Morgan fingerprint density at radius 2 is 1.32 bits per heavy atom. The van der Waals surface area contributed by atoms with Crippen molar-refractivity contribution in [2.24, 2.45) is 0 Å². The van der Waals surface area contributed by atoms with E-state index >= 15 is 0 Å². The van der Waals surface area contributed by atoms with Crippen LogP contribution < -0.4 is 10.8 Å². The molecular formula is C34H50BNO2. The number of rotatable bonds is 3. The third-order valence-electron chi connectivity index (χ3n) is 11.0. The summed E-state index contributed by atoms with van der Waals surface area (Å²) in [4.78, 5) is 0. The second-order valence-corrected chi connectivity index (χ2v) is 13.9. The summed E-state index contributed by atoms with van der Waals surface area (Å²) >= 11 is 0. The molecule has 3 unspecified atom stereocenters.